The first-order valence-electron chi connectivity index (χ1n) is 13.8. The van der Waals surface area contributed by atoms with Crippen molar-refractivity contribution in [2.75, 3.05) is 32.7 Å². The molecule has 1 atom stereocenters. The highest BCUT2D eigenvalue weighted by Gasteiger charge is 2.29. The van der Waals surface area contributed by atoms with Crippen LogP contribution in [0.4, 0.5) is 4.79 Å². The molecule has 2 N–H and O–H groups in total. The van der Waals surface area contributed by atoms with Gasteiger partial charge in [-0.15, -0.1) is 11.3 Å². The standard InChI is InChI=1S/C29H42N4O4S/c1-20-27(38-19-30-20)23-7-5-22(6-8-23)25(31-28(36)37-29(2,3)4)17-26(35)33-15-9-21(10-16-33)18-32-13-11-24(34)12-14-32/h5-8,19,21,24-25,34H,9-18H2,1-4H3,(H,31,36)/t25-/m0/s1. The van der Waals surface area contributed by atoms with Gasteiger partial charge >= 0.3 is 6.09 Å². The summed E-state index contributed by atoms with van der Waals surface area (Å²) < 4.78 is 5.51. The van der Waals surface area contributed by atoms with Gasteiger partial charge in [-0.3, -0.25) is 4.79 Å². The highest BCUT2D eigenvalue weighted by molar-refractivity contribution is 7.13. The lowest BCUT2D eigenvalue weighted by atomic mass is 9.94. The minimum atomic E-state index is -0.624. The molecule has 2 saturated heterocycles. The molecule has 4 rings (SSSR count). The van der Waals surface area contributed by atoms with E-state index >= 15 is 0 Å². The van der Waals surface area contributed by atoms with E-state index in [1.54, 1.807) is 11.3 Å². The largest absolute Gasteiger partial charge is 0.444 e. The molecule has 2 aromatic rings. The van der Waals surface area contributed by atoms with Crippen LogP contribution in [0.2, 0.25) is 0 Å². The van der Waals surface area contributed by atoms with Crippen LogP contribution in [-0.2, 0) is 9.53 Å². The van der Waals surface area contributed by atoms with E-state index in [9.17, 15) is 14.7 Å². The Balaban J connectivity index is 1.38. The quantitative estimate of drug-likeness (QED) is 0.523. The van der Waals surface area contributed by atoms with Crippen LogP contribution < -0.4 is 5.32 Å². The van der Waals surface area contributed by atoms with Crippen LogP contribution in [0.1, 0.15) is 70.2 Å². The molecule has 2 aliphatic heterocycles. The van der Waals surface area contributed by atoms with Crippen LogP contribution in [0.25, 0.3) is 10.4 Å². The van der Waals surface area contributed by atoms with Gasteiger partial charge in [-0.2, -0.15) is 0 Å². The molecule has 2 fully saturated rings. The van der Waals surface area contributed by atoms with E-state index in [0.29, 0.717) is 5.92 Å². The minimum absolute atomic E-state index is 0.0491. The van der Waals surface area contributed by atoms with Gasteiger partial charge in [0.25, 0.3) is 0 Å². The summed E-state index contributed by atoms with van der Waals surface area (Å²) in [6.07, 6.45) is 3.19. The van der Waals surface area contributed by atoms with Crippen molar-refractivity contribution >= 4 is 23.3 Å². The Labute approximate surface area is 230 Å². The molecule has 0 saturated carbocycles. The van der Waals surface area contributed by atoms with Crippen molar-refractivity contribution in [2.24, 2.45) is 5.92 Å². The van der Waals surface area contributed by atoms with E-state index in [1.165, 1.54) is 0 Å². The number of aliphatic hydroxyl groups is 1. The Morgan fingerprint density at radius 3 is 2.34 bits per heavy atom. The average molecular weight is 543 g/mol. The molecule has 2 amide bonds. The number of thiazole rings is 1. The topological polar surface area (TPSA) is 95.0 Å². The first-order chi connectivity index (χ1) is 18.1. The monoisotopic (exact) mass is 542 g/mol. The summed E-state index contributed by atoms with van der Waals surface area (Å²) in [4.78, 5) is 35.9. The molecule has 38 heavy (non-hydrogen) atoms. The van der Waals surface area contributed by atoms with Crippen molar-refractivity contribution in [1.29, 1.82) is 0 Å². The number of hydrogen-bond donors (Lipinski definition) is 2. The fourth-order valence-corrected chi connectivity index (χ4v) is 6.10. The first kappa shape index (κ1) is 28.5. The number of carbonyl (C=O) groups is 2. The second-order valence-corrected chi connectivity index (χ2v) is 12.5. The first-order valence-corrected chi connectivity index (χ1v) is 14.6. The van der Waals surface area contributed by atoms with Gasteiger partial charge in [-0.1, -0.05) is 24.3 Å². The Hall–Kier alpha value is -2.49. The maximum Gasteiger partial charge on any atom is 0.408 e. The van der Waals surface area contributed by atoms with Gasteiger partial charge in [0.2, 0.25) is 5.91 Å². The van der Waals surface area contributed by atoms with Gasteiger partial charge in [0.1, 0.15) is 5.60 Å². The molecule has 0 unspecified atom stereocenters. The zero-order valence-electron chi connectivity index (χ0n) is 23.1. The Morgan fingerprint density at radius 1 is 1.11 bits per heavy atom. The summed E-state index contributed by atoms with van der Waals surface area (Å²) in [5, 5.41) is 12.7. The van der Waals surface area contributed by atoms with Crippen molar-refractivity contribution in [1.82, 2.24) is 20.1 Å². The maximum absolute atomic E-state index is 13.4. The number of rotatable bonds is 7. The van der Waals surface area contributed by atoms with Gasteiger partial charge in [-0.25, -0.2) is 9.78 Å². The third kappa shape index (κ3) is 8.01. The smallest absolute Gasteiger partial charge is 0.408 e. The molecular formula is C29H42N4O4S. The van der Waals surface area contributed by atoms with E-state index in [1.807, 2.05) is 62.4 Å². The normalized spacial score (nSPS) is 18.8. The zero-order chi connectivity index (χ0) is 27.3. The number of nitrogens with zero attached hydrogens (tertiary/aromatic N) is 3. The van der Waals surface area contributed by atoms with Crippen LogP contribution in [0.15, 0.2) is 29.8 Å². The minimum Gasteiger partial charge on any atom is -0.444 e. The molecule has 2 aliphatic rings. The van der Waals surface area contributed by atoms with Crippen LogP contribution in [-0.4, -0.2) is 76.3 Å². The molecule has 9 heteroatoms. The van der Waals surface area contributed by atoms with Crippen LogP contribution in [0.3, 0.4) is 0 Å². The van der Waals surface area contributed by atoms with Crippen LogP contribution >= 0.6 is 11.3 Å². The number of alkyl carbamates (subject to hydrolysis) is 1. The third-order valence-corrected chi connectivity index (χ3v) is 8.41. The zero-order valence-corrected chi connectivity index (χ0v) is 23.9. The lowest BCUT2D eigenvalue weighted by Crippen LogP contribution is -2.45. The van der Waals surface area contributed by atoms with Crippen LogP contribution in [0, 0.1) is 12.8 Å². The van der Waals surface area contributed by atoms with Crippen molar-refractivity contribution < 1.29 is 19.4 Å². The highest BCUT2D eigenvalue weighted by Crippen LogP contribution is 2.30. The molecule has 0 radical (unpaired) electrons. The molecule has 208 valence electrons. The number of aliphatic hydroxyl groups excluding tert-OH is 1. The summed E-state index contributed by atoms with van der Waals surface area (Å²) in [6.45, 7) is 11.9. The van der Waals surface area contributed by atoms with Gasteiger partial charge in [-0.05, 0) is 70.4 Å². The Kier molecular flexibility index (Phi) is 9.44. The van der Waals surface area contributed by atoms with Gasteiger partial charge in [0.15, 0.2) is 0 Å². The Morgan fingerprint density at radius 2 is 1.76 bits per heavy atom. The summed E-state index contributed by atoms with van der Waals surface area (Å²) >= 11 is 1.60. The number of amides is 2. The lowest BCUT2D eigenvalue weighted by molar-refractivity contribution is -0.133. The molecule has 1 aromatic heterocycles. The molecule has 8 nitrogen and oxygen atoms in total. The number of ether oxygens (including phenoxy) is 1. The summed E-state index contributed by atoms with van der Waals surface area (Å²) in [5.41, 5.74) is 4.14. The van der Waals surface area contributed by atoms with Gasteiger partial charge in [0.05, 0.1) is 34.6 Å². The number of benzene rings is 1. The molecule has 3 heterocycles. The maximum atomic E-state index is 13.4. The van der Waals surface area contributed by atoms with E-state index < -0.39 is 17.7 Å². The van der Waals surface area contributed by atoms with E-state index in [0.717, 1.165) is 80.1 Å². The molecule has 0 spiro atoms. The molecule has 1 aromatic carbocycles. The third-order valence-electron chi connectivity index (χ3n) is 7.43. The second-order valence-electron chi connectivity index (χ2n) is 11.6. The summed E-state index contributed by atoms with van der Waals surface area (Å²) in [5.74, 6) is 0.626. The van der Waals surface area contributed by atoms with E-state index in [4.69, 9.17) is 4.74 Å². The van der Waals surface area contributed by atoms with Gasteiger partial charge in [0, 0.05) is 32.7 Å². The van der Waals surface area contributed by atoms with Crippen LogP contribution in [0.5, 0.6) is 0 Å². The lowest BCUT2D eigenvalue weighted by Gasteiger charge is -2.37. The van der Waals surface area contributed by atoms with Crippen molar-refractivity contribution in [3.63, 3.8) is 0 Å². The molecular weight excluding hydrogens is 500 g/mol. The van der Waals surface area contributed by atoms with Gasteiger partial charge < -0.3 is 25.0 Å². The Bertz CT molecular complexity index is 1060. The van der Waals surface area contributed by atoms with Crippen molar-refractivity contribution in [3.05, 3.63) is 41.0 Å². The number of aromatic nitrogens is 1. The highest BCUT2D eigenvalue weighted by atomic mass is 32.1. The fourth-order valence-electron chi connectivity index (χ4n) is 5.28. The predicted octanol–water partition coefficient (Wildman–Crippen LogP) is 4.77. The van der Waals surface area contributed by atoms with Crippen molar-refractivity contribution in [3.8, 4) is 10.4 Å². The number of carbonyl (C=O) groups excluding carboxylic acids is 2. The number of nitrogens with one attached hydrogen (secondary N) is 1. The number of hydrogen-bond acceptors (Lipinski definition) is 7. The molecule has 0 aliphatic carbocycles. The van der Waals surface area contributed by atoms with E-state index in [2.05, 4.69) is 15.2 Å². The molecule has 0 bridgehead atoms. The summed E-state index contributed by atoms with van der Waals surface area (Å²) in [7, 11) is 0. The SMILES string of the molecule is Cc1ncsc1-c1ccc([C@H](CC(=O)N2CCC(CN3CCC(O)CC3)CC2)NC(=O)OC(C)(C)C)cc1. The van der Waals surface area contributed by atoms with E-state index in [-0.39, 0.29) is 18.4 Å². The average Bonchev–Trinajstić information content (AvgIpc) is 3.30. The predicted molar refractivity (Wildman–Crippen MR) is 150 cm³/mol. The number of aryl methyl sites for hydroxylation is 1. The summed E-state index contributed by atoms with van der Waals surface area (Å²) in [6, 6.07) is 7.52. The number of likely N-dealkylation sites (tertiary alicyclic amines) is 2. The fraction of sp³-hybridized carbons (Fsp3) is 0.621. The number of piperidine rings is 2. The van der Waals surface area contributed by atoms with Crippen molar-refractivity contribution in [2.45, 2.75) is 77.5 Å². The second kappa shape index (κ2) is 12.6.